The van der Waals surface area contributed by atoms with Gasteiger partial charge in [-0.1, -0.05) is 22.0 Å². The van der Waals surface area contributed by atoms with E-state index in [0.29, 0.717) is 5.69 Å². The van der Waals surface area contributed by atoms with Gasteiger partial charge in [0.2, 0.25) is 5.78 Å². The molecule has 0 aliphatic carbocycles. The van der Waals surface area contributed by atoms with E-state index in [0.717, 1.165) is 15.6 Å². The number of rotatable bonds is 2. The molecule has 0 atom stereocenters. The standard InChI is InChI=1S/C12H10BrNO/c1-8-4-5-9(13)7-10(8)12(15)11-3-2-6-14-11/h2-7,14H,1H3. The van der Waals surface area contributed by atoms with Crippen LogP contribution in [0.1, 0.15) is 21.6 Å². The highest BCUT2D eigenvalue weighted by atomic mass is 79.9. The number of hydrogen-bond acceptors (Lipinski definition) is 1. The number of H-pyrrole nitrogens is 1. The molecule has 0 amide bonds. The molecule has 2 aromatic rings. The van der Waals surface area contributed by atoms with Crippen LogP contribution in [0.15, 0.2) is 41.0 Å². The Bertz CT molecular complexity index is 488. The molecule has 0 bridgehead atoms. The SMILES string of the molecule is Cc1ccc(Br)cc1C(=O)c1ccc[nH]1. The lowest BCUT2D eigenvalue weighted by Crippen LogP contribution is -2.03. The first-order valence-corrected chi connectivity index (χ1v) is 5.42. The van der Waals surface area contributed by atoms with Crippen molar-refractivity contribution in [2.75, 3.05) is 0 Å². The summed E-state index contributed by atoms with van der Waals surface area (Å²) in [5, 5.41) is 0. The maximum atomic E-state index is 12.0. The topological polar surface area (TPSA) is 32.9 Å². The zero-order chi connectivity index (χ0) is 10.8. The van der Waals surface area contributed by atoms with E-state index in [1.54, 1.807) is 12.3 Å². The fourth-order valence-corrected chi connectivity index (χ4v) is 1.82. The van der Waals surface area contributed by atoms with Gasteiger partial charge in [0.15, 0.2) is 0 Å². The van der Waals surface area contributed by atoms with Gasteiger partial charge >= 0.3 is 0 Å². The third-order valence-corrected chi connectivity index (χ3v) is 2.78. The Labute approximate surface area is 96.5 Å². The highest BCUT2D eigenvalue weighted by Gasteiger charge is 2.12. The van der Waals surface area contributed by atoms with E-state index in [2.05, 4.69) is 20.9 Å². The number of aromatic nitrogens is 1. The van der Waals surface area contributed by atoms with E-state index in [4.69, 9.17) is 0 Å². The second-order valence-electron chi connectivity index (χ2n) is 3.37. The van der Waals surface area contributed by atoms with Gasteiger partial charge in [-0.05, 0) is 36.8 Å². The molecule has 15 heavy (non-hydrogen) atoms. The summed E-state index contributed by atoms with van der Waals surface area (Å²) in [4.78, 5) is 14.9. The number of carbonyl (C=O) groups excluding carboxylic acids is 1. The highest BCUT2D eigenvalue weighted by molar-refractivity contribution is 9.10. The maximum absolute atomic E-state index is 12.0. The van der Waals surface area contributed by atoms with Crippen LogP contribution in [0.25, 0.3) is 0 Å². The lowest BCUT2D eigenvalue weighted by molar-refractivity contribution is 0.103. The van der Waals surface area contributed by atoms with E-state index >= 15 is 0 Å². The molecule has 0 saturated carbocycles. The Morgan fingerprint density at radius 3 is 2.80 bits per heavy atom. The van der Waals surface area contributed by atoms with E-state index < -0.39 is 0 Å². The largest absolute Gasteiger partial charge is 0.359 e. The molecule has 3 heteroatoms. The average molecular weight is 264 g/mol. The lowest BCUT2D eigenvalue weighted by Gasteiger charge is -2.03. The van der Waals surface area contributed by atoms with Gasteiger partial charge in [-0.25, -0.2) is 0 Å². The van der Waals surface area contributed by atoms with Gasteiger partial charge in [0.05, 0.1) is 5.69 Å². The minimum atomic E-state index is 0.0267. The first-order chi connectivity index (χ1) is 7.18. The average Bonchev–Trinajstić information content (AvgIpc) is 2.74. The number of aryl methyl sites for hydroxylation is 1. The first kappa shape index (κ1) is 10.2. The molecule has 0 aliphatic heterocycles. The predicted molar refractivity (Wildman–Crippen MR) is 63.1 cm³/mol. The molecule has 1 N–H and O–H groups in total. The second-order valence-corrected chi connectivity index (χ2v) is 4.29. The Morgan fingerprint density at radius 2 is 2.13 bits per heavy atom. The number of nitrogens with one attached hydrogen (secondary N) is 1. The number of hydrogen-bond donors (Lipinski definition) is 1. The van der Waals surface area contributed by atoms with Crippen molar-refractivity contribution in [1.82, 2.24) is 4.98 Å². The Kier molecular flexibility index (Phi) is 2.73. The molecule has 1 heterocycles. The molecule has 1 aromatic carbocycles. The van der Waals surface area contributed by atoms with Crippen molar-refractivity contribution in [3.8, 4) is 0 Å². The number of aromatic amines is 1. The van der Waals surface area contributed by atoms with Gasteiger partial charge in [0, 0.05) is 16.2 Å². The van der Waals surface area contributed by atoms with Crippen LogP contribution in [0.3, 0.4) is 0 Å². The summed E-state index contributed by atoms with van der Waals surface area (Å²) in [7, 11) is 0. The van der Waals surface area contributed by atoms with E-state index in [-0.39, 0.29) is 5.78 Å². The fraction of sp³-hybridized carbons (Fsp3) is 0.0833. The predicted octanol–water partition coefficient (Wildman–Crippen LogP) is 3.32. The molecular formula is C12H10BrNO. The molecule has 0 unspecified atom stereocenters. The molecule has 0 radical (unpaired) electrons. The van der Waals surface area contributed by atoms with Gasteiger partial charge < -0.3 is 4.98 Å². The zero-order valence-electron chi connectivity index (χ0n) is 8.25. The third-order valence-electron chi connectivity index (χ3n) is 2.29. The van der Waals surface area contributed by atoms with Gasteiger partial charge in [0.25, 0.3) is 0 Å². The van der Waals surface area contributed by atoms with Crippen LogP contribution < -0.4 is 0 Å². The molecule has 0 spiro atoms. The molecule has 1 aromatic heterocycles. The Morgan fingerprint density at radius 1 is 1.33 bits per heavy atom. The second kappa shape index (κ2) is 4.03. The zero-order valence-corrected chi connectivity index (χ0v) is 9.84. The maximum Gasteiger partial charge on any atom is 0.209 e. The number of ketones is 1. The molecule has 0 saturated heterocycles. The van der Waals surface area contributed by atoms with Gasteiger partial charge in [-0.3, -0.25) is 4.79 Å². The highest BCUT2D eigenvalue weighted by Crippen LogP contribution is 2.18. The summed E-state index contributed by atoms with van der Waals surface area (Å²) in [5.41, 5.74) is 2.33. The van der Waals surface area contributed by atoms with E-state index in [1.807, 2.05) is 31.2 Å². The normalized spacial score (nSPS) is 10.3. The quantitative estimate of drug-likeness (QED) is 0.829. The van der Waals surface area contributed by atoms with Crippen LogP contribution >= 0.6 is 15.9 Å². The molecule has 0 aliphatic rings. The van der Waals surface area contributed by atoms with Crippen molar-refractivity contribution in [3.05, 3.63) is 57.8 Å². The smallest absolute Gasteiger partial charge is 0.209 e. The summed E-state index contributed by atoms with van der Waals surface area (Å²) in [6, 6.07) is 9.31. The third kappa shape index (κ3) is 2.02. The lowest BCUT2D eigenvalue weighted by atomic mass is 10.0. The van der Waals surface area contributed by atoms with Crippen LogP contribution in [0.2, 0.25) is 0 Å². The molecule has 2 nitrogen and oxygen atoms in total. The van der Waals surface area contributed by atoms with Gasteiger partial charge in [-0.15, -0.1) is 0 Å². The number of benzene rings is 1. The summed E-state index contributed by atoms with van der Waals surface area (Å²) in [5.74, 6) is 0.0267. The first-order valence-electron chi connectivity index (χ1n) is 4.63. The van der Waals surface area contributed by atoms with Crippen molar-refractivity contribution < 1.29 is 4.79 Å². The van der Waals surface area contributed by atoms with Crippen molar-refractivity contribution in [2.24, 2.45) is 0 Å². The number of carbonyl (C=O) groups is 1. The minimum Gasteiger partial charge on any atom is -0.359 e. The summed E-state index contributed by atoms with van der Waals surface area (Å²) in [6.07, 6.45) is 1.75. The van der Waals surface area contributed by atoms with E-state index in [1.165, 1.54) is 0 Å². The Balaban J connectivity index is 2.46. The van der Waals surface area contributed by atoms with Gasteiger partial charge in [0.1, 0.15) is 0 Å². The fourth-order valence-electron chi connectivity index (χ4n) is 1.46. The van der Waals surface area contributed by atoms with Crippen molar-refractivity contribution in [2.45, 2.75) is 6.92 Å². The summed E-state index contributed by atoms with van der Waals surface area (Å²) >= 11 is 3.37. The van der Waals surface area contributed by atoms with E-state index in [9.17, 15) is 4.79 Å². The van der Waals surface area contributed by atoms with Crippen molar-refractivity contribution in [3.63, 3.8) is 0 Å². The van der Waals surface area contributed by atoms with Crippen LogP contribution in [0.4, 0.5) is 0 Å². The van der Waals surface area contributed by atoms with Crippen LogP contribution in [0.5, 0.6) is 0 Å². The molecule has 0 fully saturated rings. The molecular weight excluding hydrogens is 254 g/mol. The summed E-state index contributed by atoms with van der Waals surface area (Å²) < 4.78 is 0.919. The summed E-state index contributed by atoms with van der Waals surface area (Å²) in [6.45, 7) is 1.93. The Hall–Kier alpha value is -1.35. The van der Waals surface area contributed by atoms with Crippen molar-refractivity contribution in [1.29, 1.82) is 0 Å². The van der Waals surface area contributed by atoms with Crippen molar-refractivity contribution >= 4 is 21.7 Å². The van der Waals surface area contributed by atoms with Gasteiger partial charge in [-0.2, -0.15) is 0 Å². The molecule has 76 valence electrons. The number of halogens is 1. The van der Waals surface area contributed by atoms with Crippen LogP contribution in [0, 0.1) is 6.92 Å². The van der Waals surface area contributed by atoms with Crippen LogP contribution in [-0.4, -0.2) is 10.8 Å². The molecule has 2 rings (SSSR count). The van der Waals surface area contributed by atoms with Crippen LogP contribution in [-0.2, 0) is 0 Å². The monoisotopic (exact) mass is 263 g/mol. The minimum absolute atomic E-state index is 0.0267.